The zero-order valence-electron chi connectivity index (χ0n) is 4.36. The monoisotopic (exact) mass is 311 g/mol. The van der Waals surface area contributed by atoms with Crippen molar-refractivity contribution in [2.24, 2.45) is 11.5 Å². The van der Waals surface area contributed by atoms with Crippen LogP contribution in [0.5, 0.6) is 0 Å². The van der Waals surface area contributed by atoms with E-state index >= 15 is 0 Å². The van der Waals surface area contributed by atoms with E-state index in [-0.39, 0.29) is 39.2 Å². The number of rotatable bonds is 0. The Balaban J connectivity index is 0. The van der Waals surface area contributed by atoms with Gasteiger partial charge in [0.25, 0.3) is 0 Å². The van der Waals surface area contributed by atoms with E-state index in [1.54, 1.807) is 0 Å². The third-order valence-electron chi connectivity index (χ3n) is 0.269. The van der Waals surface area contributed by atoms with Crippen molar-refractivity contribution in [2.45, 2.75) is 0 Å². The summed E-state index contributed by atoms with van der Waals surface area (Å²) in [6, 6.07) is 0. The molecule has 46 valence electrons. The minimum absolute atomic E-state index is 0. The average Bonchev–Trinajstić information content (AvgIpc) is 1.27. The molecule has 0 rings (SSSR count). The molecule has 0 saturated heterocycles. The Bertz CT molecular complexity index is 86.6. The maximum absolute atomic E-state index is 6.47. The summed E-state index contributed by atoms with van der Waals surface area (Å²) in [6.07, 6.45) is 0. The average molecular weight is 310 g/mol. The van der Waals surface area contributed by atoms with Crippen molar-refractivity contribution >= 4 is 39.2 Å². The molecule has 7 N–H and O–H groups in total. The van der Waals surface area contributed by atoms with E-state index in [9.17, 15) is 0 Å². The Kier molecular flexibility index (Phi) is 6.38. The Labute approximate surface area is 67.0 Å². The van der Waals surface area contributed by atoms with E-state index < -0.39 is 0 Å². The van der Waals surface area contributed by atoms with Crippen molar-refractivity contribution in [1.29, 1.82) is 10.8 Å². The Morgan fingerprint density at radius 2 is 1.38 bits per heavy atom. The van der Waals surface area contributed by atoms with Crippen molar-refractivity contribution in [3.05, 3.63) is 0 Å². The molecule has 0 spiro atoms. The van der Waals surface area contributed by atoms with Crippen molar-refractivity contribution in [1.82, 2.24) is 5.32 Å². The molecular formula is C2H9N5Pb. The summed E-state index contributed by atoms with van der Waals surface area (Å²) in [5, 5.41) is 15.0. The number of hydrogen-bond donors (Lipinski definition) is 5. The van der Waals surface area contributed by atoms with Gasteiger partial charge < -0.3 is 11.5 Å². The first-order valence-electron chi connectivity index (χ1n) is 1.58. The Hall–Kier alpha value is -0.338. The molecule has 0 aliphatic heterocycles. The summed E-state index contributed by atoms with van der Waals surface area (Å²) in [4.78, 5) is 0. The normalized spacial score (nSPS) is 6.50. The first kappa shape index (κ1) is 10.6. The van der Waals surface area contributed by atoms with Gasteiger partial charge >= 0.3 is 27.3 Å². The predicted octanol–water partition coefficient (Wildman–Crippen LogP) is -2.55. The Morgan fingerprint density at radius 3 is 1.38 bits per heavy atom. The second-order valence-corrected chi connectivity index (χ2v) is 0.952. The molecule has 2 radical (unpaired) electrons. The van der Waals surface area contributed by atoms with Crippen LogP contribution in [0.1, 0.15) is 0 Å². The van der Waals surface area contributed by atoms with Crippen LogP contribution < -0.4 is 16.8 Å². The molecule has 0 amide bonds. The predicted molar refractivity (Wildman–Crippen MR) is 35.5 cm³/mol. The van der Waals surface area contributed by atoms with Crippen LogP contribution >= 0.6 is 0 Å². The van der Waals surface area contributed by atoms with Crippen LogP contribution in [0.15, 0.2) is 0 Å². The summed E-state index contributed by atoms with van der Waals surface area (Å²) in [6.45, 7) is 0. The molecule has 0 aromatic carbocycles. The standard InChI is InChI=1S/C2H7N5.Pb.2H/c3-1(4)7-2(5)6;;;/h(H7,3,4,5,6,7);;;. The Morgan fingerprint density at radius 1 is 1.12 bits per heavy atom. The second kappa shape index (κ2) is 4.81. The summed E-state index contributed by atoms with van der Waals surface area (Å²) in [5.41, 5.74) is 9.49. The van der Waals surface area contributed by atoms with Crippen LogP contribution in [0.25, 0.3) is 0 Å². The fraction of sp³-hybridized carbons (Fsp3) is 0. The molecule has 5 nitrogen and oxygen atoms in total. The van der Waals surface area contributed by atoms with Crippen molar-refractivity contribution in [3.63, 3.8) is 0 Å². The van der Waals surface area contributed by atoms with Crippen LogP contribution in [0, 0.1) is 10.8 Å². The summed E-state index contributed by atoms with van der Waals surface area (Å²) in [7, 11) is 0. The van der Waals surface area contributed by atoms with E-state index in [4.69, 9.17) is 22.3 Å². The molecule has 0 heterocycles. The van der Waals surface area contributed by atoms with Crippen LogP contribution in [0.2, 0.25) is 0 Å². The van der Waals surface area contributed by atoms with Gasteiger partial charge in [0.05, 0.1) is 0 Å². The van der Waals surface area contributed by atoms with Gasteiger partial charge in [-0.2, -0.15) is 0 Å². The van der Waals surface area contributed by atoms with Crippen LogP contribution in [-0.2, 0) is 0 Å². The summed E-state index contributed by atoms with van der Waals surface area (Å²) in [5.74, 6) is -0.625. The number of hydrogen-bond acceptors (Lipinski definition) is 2. The van der Waals surface area contributed by atoms with Gasteiger partial charge in [0, 0.05) is 0 Å². The molecule has 0 fully saturated rings. The van der Waals surface area contributed by atoms with Gasteiger partial charge in [-0.05, 0) is 0 Å². The van der Waals surface area contributed by atoms with Crippen molar-refractivity contribution in [3.8, 4) is 0 Å². The fourth-order valence-electron chi connectivity index (χ4n) is 0.145. The molecule has 6 heteroatoms. The van der Waals surface area contributed by atoms with E-state index in [1.807, 2.05) is 5.32 Å². The third-order valence-corrected chi connectivity index (χ3v) is 0.269. The summed E-state index contributed by atoms with van der Waals surface area (Å²) >= 11 is 0. The van der Waals surface area contributed by atoms with E-state index in [0.717, 1.165) is 0 Å². The first-order valence-corrected chi connectivity index (χ1v) is 1.58. The van der Waals surface area contributed by atoms with Crippen LogP contribution in [0.4, 0.5) is 0 Å². The SMILES string of the molecule is N=C(N)NC(=N)N.[PbH2]. The number of nitrogens with one attached hydrogen (secondary N) is 3. The van der Waals surface area contributed by atoms with Crippen molar-refractivity contribution < 1.29 is 0 Å². The van der Waals surface area contributed by atoms with Crippen molar-refractivity contribution in [2.75, 3.05) is 0 Å². The van der Waals surface area contributed by atoms with Gasteiger partial charge in [-0.15, -0.1) is 0 Å². The topological polar surface area (TPSA) is 112 Å². The number of guanidine groups is 2. The zero-order valence-corrected chi connectivity index (χ0v) is 9.86. The molecule has 0 unspecified atom stereocenters. The second-order valence-electron chi connectivity index (χ2n) is 0.952. The molecular weight excluding hydrogens is 301 g/mol. The van der Waals surface area contributed by atoms with Crippen LogP contribution in [-0.4, -0.2) is 39.2 Å². The first-order chi connectivity index (χ1) is 3.13. The van der Waals surface area contributed by atoms with Gasteiger partial charge in [-0.3, -0.25) is 16.1 Å². The van der Waals surface area contributed by atoms with E-state index in [0.29, 0.717) is 0 Å². The molecule has 0 saturated carbocycles. The van der Waals surface area contributed by atoms with Gasteiger partial charge in [-0.25, -0.2) is 0 Å². The quantitative estimate of drug-likeness (QED) is 0.193. The van der Waals surface area contributed by atoms with E-state index in [2.05, 4.69) is 0 Å². The molecule has 0 aliphatic carbocycles. The molecule has 0 aliphatic rings. The number of nitrogens with two attached hydrogens (primary N) is 2. The molecule has 8 heavy (non-hydrogen) atoms. The van der Waals surface area contributed by atoms with E-state index in [1.165, 1.54) is 0 Å². The molecule has 0 bridgehead atoms. The minimum atomic E-state index is -0.312. The van der Waals surface area contributed by atoms with Crippen LogP contribution in [0.3, 0.4) is 0 Å². The van der Waals surface area contributed by atoms with Gasteiger partial charge in [-0.1, -0.05) is 0 Å². The maximum atomic E-state index is 6.47. The zero-order chi connectivity index (χ0) is 5.86. The molecule has 0 aromatic rings. The molecule has 0 aromatic heterocycles. The third kappa shape index (κ3) is 9.18. The van der Waals surface area contributed by atoms with Gasteiger partial charge in [0.15, 0.2) is 11.9 Å². The summed E-state index contributed by atoms with van der Waals surface area (Å²) < 4.78 is 0. The van der Waals surface area contributed by atoms with Gasteiger partial charge in [0.2, 0.25) is 0 Å². The molecule has 0 atom stereocenters. The van der Waals surface area contributed by atoms with Gasteiger partial charge in [0.1, 0.15) is 0 Å². The fourth-order valence-corrected chi connectivity index (χ4v) is 0.145.